The lowest BCUT2D eigenvalue weighted by molar-refractivity contribution is 0.102. The lowest BCUT2D eigenvalue weighted by Crippen LogP contribution is -2.12. The summed E-state index contributed by atoms with van der Waals surface area (Å²) in [4.78, 5) is 11.9. The number of hydrogen-bond acceptors (Lipinski definition) is 2. The highest BCUT2D eigenvalue weighted by atomic mass is 79.9. The molecule has 1 amide bonds. The van der Waals surface area contributed by atoms with Gasteiger partial charge in [0.2, 0.25) is 0 Å². The van der Waals surface area contributed by atoms with Gasteiger partial charge < -0.3 is 10.4 Å². The minimum atomic E-state index is -0.487. The van der Waals surface area contributed by atoms with Crippen molar-refractivity contribution >= 4 is 27.5 Å². The van der Waals surface area contributed by atoms with Crippen LogP contribution in [0.3, 0.4) is 0 Å². The summed E-state index contributed by atoms with van der Waals surface area (Å²) in [6.07, 6.45) is 0. The average molecular weight is 324 g/mol. The number of anilines is 1. The molecule has 0 saturated carbocycles. The Hall–Kier alpha value is -1.88. The van der Waals surface area contributed by atoms with Crippen LogP contribution in [0.5, 0.6) is 5.75 Å². The Morgan fingerprint density at radius 1 is 1.26 bits per heavy atom. The molecule has 2 rings (SSSR count). The van der Waals surface area contributed by atoms with Gasteiger partial charge in [-0.2, -0.15) is 0 Å². The summed E-state index contributed by atoms with van der Waals surface area (Å²) in [5.74, 6) is -1.06. The molecule has 0 atom stereocenters. The number of phenolic OH excluding ortho intramolecular Hbond substituents is 1. The van der Waals surface area contributed by atoms with Crippen LogP contribution in [0.1, 0.15) is 15.9 Å². The van der Waals surface area contributed by atoms with Gasteiger partial charge in [0.1, 0.15) is 11.6 Å². The third-order valence-corrected chi connectivity index (χ3v) is 3.22. The van der Waals surface area contributed by atoms with Crippen LogP contribution < -0.4 is 5.32 Å². The number of aryl methyl sites for hydroxylation is 1. The van der Waals surface area contributed by atoms with E-state index in [4.69, 9.17) is 0 Å². The Balaban J connectivity index is 2.23. The van der Waals surface area contributed by atoms with Crippen LogP contribution in [0.25, 0.3) is 0 Å². The third kappa shape index (κ3) is 3.12. The SMILES string of the molecule is Cc1ccc(C(=O)Nc2ccc(Br)c(F)c2)c(O)c1. The van der Waals surface area contributed by atoms with Gasteiger partial charge in [-0.25, -0.2) is 4.39 Å². The summed E-state index contributed by atoms with van der Waals surface area (Å²) in [6.45, 7) is 1.81. The molecule has 0 aromatic heterocycles. The number of aromatic hydroxyl groups is 1. The van der Waals surface area contributed by atoms with Gasteiger partial charge in [0.25, 0.3) is 5.91 Å². The summed E-state index contributed by atoms with van der Waals surface area (Å²) >= 11 is 3.03. The zero-order valence-corrected chi connectivity index (χ0v) is 11.7. The van der Waals surface area contributed by atoms with Crippen molar-refractivity contribution < 1.29 is 14.3 Å². The molecular weight excluding hydrogens is 313 g/mol. The molecule has 3 nitrogen and oxygen atoms in total. The first kappa shape index (κ1) is 13.5. The predicted octanol–water partition coefficient (Wildman–Crippen LogP) is 3.85. The van der Waals surface area contributed by atoms with Crippen LogP contribution in [0.15, 0.2) is 40.9 Å². The minimum Gasteiger partial charge on any atom is -0.507 e. The molecule has 0 aliphatic heterocycles. The second kappa shape index (κ2) is 5.40. The quantitative estimate of drug-likeness (QED) is 0.881. The largest absolute Gasteiger partial charge is 0.507 e. The molecule has 2 aromatic carbocycles. The van der Waals surface area contributed by atoms with E-state index >= 15 is 0 Å². The van der Waals surface area contributed by atoms with Gasteiger partial charge in [0, 0.05) is 5.69 Å². The Bertz CT molecular complexity index is 643. The number of hydrogen-bond donors (Lipinski definition) is 2. The summed E-state index contributed by atoms with van der Waals surface area (Å²) in [7, 11) is 0. The van der Waals surface area contributed by atoms with Gasteiger partial charge in [-0.1, -0.05) is 6.07 Å². The first-order valence-electron chi connectivity index (χ1n) is 5.53. The summed E-state index contributed by atoms with van der Waals surface area (Å²) in [6, 6.07) is 9.01. The molecular formula is C14H11BrFNO2. The van der Waals surface area contributed by atoms with E-state index in [2.05, 4.69) is 21.2 Å². The van der Waals surface area contributed by atoms with Crippen LogP contribution in [-0.4, -0.2) is 11.0 Å². The second-order valence-corrected chi connectivity index (χ2v) is 4.96. The number of benzene rings is 2. The molecule has 0 unspecified atom stereocenters. The molecule has 2 aromatic rings. The number of halogens is 2. The highest BCUT2D eigenvalue weighted by Gasteiger charge is 2.12. The van der Waals surface area contributed by atoms with Crippen molar-refractivity contribution in [2.75, 3.05) is 5.32 Å². The topological polar surface area (TPSA) is 49.3 Å². The molecule has 0 heterocycles. The zero-order valence-electron chi connectivity index (χ0n) is 10.1. The van der Waals surface area contributed by atoms with E-state index in [9.17, 15) is 14.3 Å². The summed E-state index contributed by atoms with van der Waals surface area (Å²) in [5, 5.41) is 12.2. The number of carbonyl (C=O) groups excluding carboxylic acids is 1. The Kier molecular flexibility index (Phi) is 3.85. The fraction of sp³-hybridized carbons (Fsp3) is 0.0714. The first-order valence-corrected chi connectivity index (χ1v) is 6.32. The molecule has 19 heavy (non-hydrogen) atoms. The number of carbonyl (C=O) groups is 1. The minimum absolute atomic E-state index is 0.102. The van der Waals surface area contributed by atoms with E-state index in [0.717, 1.165) is 5.56 Å². The first-order chi connectivity index (χ1) is 8.97. The highest BCUT2D eigenvalue weighted by molar-refractivity contribution is 9.10. The van der Waals surface area contributed by atoms with Gasteiger partial charge in [-0.15, -0.1) is 0 Å². The lowest BCUT2D eigenvalue weighted by Gasteiger charge is -2.08. The standard InChI is InChI=1S/C14H11BrFNO2/c1-8-2-4-10(13(18)6-8)14(19)17-9-3-5-11(15)12(16)7-9/h2-7,18H,1H3,(H,17,19). The maximum Gasteiger partial charge on any atom is 0.259 e. The molecule has 0 aliphatic rings. The molecule has 0 aliphatic carbocycles. The van der Waals surface area contributed by atoms with Crippen LogP contribution in [0.2, 0.25) is 0 Å². The van der Waals surface area contributed by atoms with E-state index in [1.807, 2.05) is 6.92 Å². The Labute approximate surface area is 118 Å². The fourth-order valence-corrected chi connectivity index (χ4v) is 1.85. The van der Waals surface area contributed by atoms with Crippen molar-refractivity contribution in [1.29, 1.82) is 0 Å². The van der Waals surface area contributed by atoms with Gasteiger partial charge in [-0.3, -0.25) is 4.79 Å². The summed E-state index contributed by atoms with van der Waals surface area (Å²) in [5.41, 5.74) is 1.32. The average Bonchev–Trinajstić information content (AvgIpc) is 2.33. The maximum atomic E-state index is 13.3. The van der Waals surface area contributed by atoms with Crippen molar-refractivity contribution in [2.24, 2.45) is 0 Å². The van der Waals surface area contributed by atoms with Crippen LogP contribution in [0.4, 0.5) is 10.1 Å². The molecule has 0 bridgehead atoms. The number of rotatable bonds is 2. The number of phenols is 1. The van der Waals surface area contributed by atoms with Crippen molar-refractivity contribution in [3.8, 4) is 5.75 Å². The number of nitrogens with one attached hydrogen (secondary N) is 1. The monoisotopic (exact) mass is 323 g/mol. The van der Waals surface area contributed by atoms with Gasteiger partial charge in [0.05, 0.1) is 10.0 Å². The van der Waals surface area contributed by atoms with Crippen LogP contribution >= 0.6 is 15.9 Å². The zero-order chi connectivity index (χ0) is 14.0. The third-order valence-electron chi connectivity index (χ3n) is 2.58. The molecule has 0 radical (unpaired) electrons. The lowest BCUT2D eigenvalue weighted by atomic mass is 10.1. The Morgan fingerprint density at radius 3 is 2.63 bits per heavy atom. The molecule has 5 heteroatoms. The van der Waals surface area contributed by atoms with Gasteiger partial charge in [-0.05, 0) is 58.7 Å². The van der Waals surface area contributed by atoms with Crippen molar-refractivity contribution in [2.45, 2.75) is 6.92 Å². The van der Waals surface area contributed by atoms with Crippen molar-refractivity contribution in [1.82, 2.24) is 0 Å². The van der Waals surface area contributed by atoms with Gasteiger partial charge in [0.15, 0.2) is 0 Å². The normalized spacial score (nSPS) is 10.3. The highest BCUT2D eigenvalue weighted by Crippen LogP contribution is 2.22. The Morgan fingerprint density at radius 2 is 2.00 bits per heavy atom. The van der Waals surface area contributed by atoms with Crippen molar-refractivity contribution in [3.05, 3.63) is 57.8 Å². The number of amides is 1. The molecule has 98 valence electrons. The molecule has 0 saturated heterocycles. The molecule has 2 N–H and O–H groups in total. The van der Waals surface area contributed by atoms with Crippen LogP contribution in [-0.2, 0) is 0 Å². The van der Waals surface area contributed by atoms with Gasteiger partial charge >= 0.3 is 0 Å². The van der Waals surface area contributed by atoms with Crippen molar-refractivity contribution in [3.63, 3.8) is 0 Å². The van der Waals surface area contributed by atoms with E-state index in [1.165, 1.54) is 24.3 Å². The predicted molar refractivity (Wildman–Crippen MR) is 74.9 cm³/mol. The second-order valence-electron chi connectivity index (χ2n) is 4.10. The van der Waals surface area contributed by atoms with E-state index in [0.29, 0.717) is 10.2 Å². The smallest absolute Gasteiger partial charge is 0.259 e. The van der Waals surface area contributed by atoms with E-state index in [1.54, 1.807) is 12.1 Å². The van der Waals surface area contributed by atoms with Crippen LogP contribution in [0, 0.1) is 12.7 Å². The van der Waals surface area contributed by atoms with E-state index < -0.39 is 11.7 Å². The maximum absolute atomic E-state index is 13.3. The summed E-state index contributed by atoms with van der Waals surface area (Å²) < 4.78 is 13.6. The molecule has 0 fully saturated rings. The molecule has 0 spiro atoms. The van der Waals surface area contributed by atoms with E-state index in [-0.39, 0.29) is 11.3 Å². The fourth-order valence-electron chi connectivity index (χ4n) is 1.61.